The first-order valence-corrected chi connectivity index (χ1v) is 8.51. The van der Waals surface area contributed by atoms with Crippen molar-refractivity contribution in [3.8, 4) is 6.07 Å². The Morgan fingerprint density at radius 3 is 2.75 bits per heavy atom. The van der Waals surface area contributed by atoms with Gasteiger partial charge in [0.25, 0.3) is 0 Å². The molecular weight excluding hydrogens is 308 g/mol. The van der Waals surface area contributed by atoms with Crippen LogP contribution in [0.4, 0.5) is 0 Å². The number of fused-ring (bicyclic) bond motifs is 1. The van der Waals surface area contributed by atoms with Crippen molar-refractivity contribution >= 4 is 45.8 Å². The van der Waals surface area contributed by atoms with Gasteiger partial charge in [-0.15, -0.1) is 10.2 Å². The Labute approximate surface area is 128 Å². The summed E-state index contributed by atoms with van der Waals surface area (Å²) >= 11 is 4.45. The first-order valence-electron chi connectivity index (χ1n) is 5.65. The zero-order chi connectivity index (χ0) is 13.9. The molecule has 0 aliphatic heterocycles. The Morgan fingerprint density at radius 1 is 1.20 bits per heavy atom. The Kier molecular flexibility index (Phi) is 3.87. The molecule has 7 heteroatoms. The van der Waals surface area contributed by atoms with Crippen molar-refractivity contribution in [3.63, 3.8) is 0 Å². The predicted molar refractivity (Wildman–Crippen MR) is 82.3 cm³/mol. The lowest BCUT2D eigenvalue weighted by atomic mass is 10.2. The molecule has 0 amide bonds. The summed E-state index contributed by atoms with van der Waals surface area (Å²) in [7, 11) is 0. The van der Waals surface area contributed by atoms with E-state index in [1.165, 1.54) is 23.1 Å². The molecule has 0 fully saturated rings. The van der Waals surface area contributed by atoms with Gasteiger partial charge in [0.2, 0.25) is 0 Å². The molecule has 3 rings (SSSR count). The minimum atomic E-state index is 0.564. The third kappa shape index (κ3) is 2.63. The average Bonchev–Trinajstić information content (AvgIpc) is 2.94. The minimum Gasteiger partial charge on any atom is -0.240 e. The van der Waals surface area contributed by atoms with Crippen molar-refractivity contribution in [3.05, 3.63) is 35.9 Å². The van der Waals surface area contributed by atoms with Crippen LogP contribution in [0.1, 0.15) is 5.56 Å². The lowest BCUT2D eigenvalue weighted by molar-refractivity contribution is 0.954. The molecular formula is C13H8N4S3. The second-order valence-electron chi connectivity index (χ2n) is 3.79. The van der Waals surface area contributed by atoms with Crippen LogP contribution in [0.15, 0.2) is 44.0 Å². The van der Waals surface area contributed by atoms with Crippen LogP contribution in [-0.4, -0.2) is 21.4 Å². The van der Waals surface area contributed by atoms with Gasteiger partial charge in [-0.05, 0) is 30.2 Å². The maximum absolute atomic E-state index is 9.27. The molecule has 2 aromatic heterocycles. The first-order chi connectivity index (χ1) is 9.80. The molecule has 1 aromatic carbocycles. The molecule has 0 N–H and O–H groups in total. The van der Waals surface area contributed by atoms with Crippen LogP contribution in [0.5, 0.6) is 0 Å². The summed E-state index contributed by atoms with van der Waals surface area (Å²) in [6.07, 6.45) is 1.96. The quantitative estimate of drug-likeness (QED) is 0.684. The van der Waals surface area contributed by atoms with Crippen molar-refractivity contribution in [1.82, 2.24) is 15.2 Å². The number of benzene rings is 1. The van der Waals surface area contributed by atoms with E-state index in [9.17, 15) is 5.26 Å². The maximum atomic E-state index is 9.27. The summed E-state index contributed by atoms with van der Waals surface area (Å²) in [6.45, 7) is 0. The Hall–Kier alpha value is -1.62. The predicted octanol–water partition coefficient (Wildman–Crippen LogP) is 3.83. The molecule has 2 heterocycles. The van der Waals surface area contributed by atoms with Gasteiger partial charge in [0.05, 0.1) is 11.1 Å². The van der Waals surface area contributed by atoms with Gasteiger partial charge in [-0.25, -0.2) is 4.98 Å². The standard InChI is InChI=1S/C13H8N4S3/c1-18-12-16-17-13(20-12)19-11-9(7-14)6-8-4-2-3-5-10(8)15-11/h2-6H,1H3. The number of pyridine rings is 1. The summed E-state index contributed by atoms with van der Waals surface area (Å²) in [6, 6.07) is 11.8. The smallest absolute Gasteiger partial charge is 0.181 e. The third-order valence-corrected chi connectivity index (χ3v) is 5.51. The number of thioether (sulfide) groups is 1. The Morgan fingerprint density at radius 2 is 2.00 bits per heavy atom. The highest BCUT2D eigenvalue weighted by Crippen LogP contribution is 2.34. The van der Waals surface area contributed by atoms with E-state index in [-0.39, 0.29) is 0 Å². The second-order valence-corrected chi connectivity index (χ2v) is 7.05. The molecule has 0 radical (unpaired) electrons. The van der Waals surface area contributed by atoms with Crippen LogP contribution >= 0.6 is 34.9 Å². The van der Waals surface area contributed by atoms with E-state index in [1.807, 2.05) is 36.6 Å². The minimum absolute atomic E-state index is 0.564. The van der Waals surface area contributed by atoms with Gasteiger partial charge in [-0.3, -0.25) is 0 Å². The molecule has 0 unspecified atom stereocenters. The van der Waals surface area contributed by atoms with Gasteiger partial charge in [0, 0.05) is 5.39 Å². The molecule has 0 aliphatic rings. The Balaban J connectivity index is 2.03. The fourth-order valence-electron chi connectivity index (χ4n) is 1.66. The number of nitriles is 1. The number of hydrogen-bond acceptors (Lipinski definition) is 7. The first kappa shape index (κ1) is 13.4. The van der Waals surface area contributed by atoms with Crippen LogP contribution in [0.3, 0.4) is 0 Å². The molecule has 0 aliphatic carbocycles. The zero-order valence-corrected chi connectivity index (χ0v) is 12.8. The van der Waals surface area contributed by atoms with E-state index in [0.717, 1.165) is 19.6 Å². The molecule has 0 bridgehead atoms. The number of para-hydroxylation sites is 1. The normalized spacial score (nSPS) is 10.6. The fraction of sp³-hybridized carbons (Fsp3) is 0.0769. The summed E-state index contributed by atoms with van der Waals surface area (Å²) in [4.78, 5) is 4.55. The molecule has 98 valence electrons. The van der Waals surface area contributed by atoms with E-state index >= 15 is 0 Å². The summed E-state index contributed by atoms with van der Waals surface area (Å²) in [5.74, 6) is 0. The average molecular weight is 316 g/mol. The zero-order valence-electron chi connectivity index (χ0n) is 10.4. The van der Waals surface area contributed by atoms with Gasteiger partial charge >= 0.3 is 0 Å². The molecule has 3 aromatic rings. The lowest BCUT2D eigenvalue weighted by Gasteiger charge is -2.03. The fourth-order valence-corrected chi connectivity index (χ4v) is 4.07. The molecule has 4 nitrogen and oxygen atoms in total. The SMILES string of the molecule is CSc1nnc(Sc2nc3ccccc3cc2C#N)s1. The Bertz CT molecular complexity index is 807. The number of nitrogens with zero attached hydrogens (tertiary/aromatic N) is 4. The van der Waals surface area contributed by atoms with Crippen LogP contribution in [0, 0.1) is 11.3 Å². The molecule has 20 heavy (non-hydrogen) atoms. The van der Waals surface area contributed by atoms with Crippen molar-refractivity contribution in [2.24, 2.45) is 0 Å². The van der Waals surface area contributed by atoms with Crippen LogP contribution in [0.2, 0.25) is 0 Å². The van der Waals surface area contributed by atoms with Crippen molar-refractivity contribution in [2.75, 3.05) is 6.26 Å². The van der Waals surface area contributed by atoms with Crippen LogP contribution in [0.25, 0.3) is 10.9 Å². The summed E-state index contributed by atoms with van der Waals surface area (Å²) < 4.78 is 1.71. The number of aromatic nitrogens is 3. The van der Waals surface area contributed by atoms with Crippen molar-refractivity contribution in [2.45, 2.75) is 13.7 Å². The van der Waals surface area contributed by atoms with E-state index in [1.54, 1.807) is 11.8 Å². The molecule has 0 spiro atoms. The maximum Gasteiger partial charge on any atom is 0.181 e. The molecule has 0 atom stereocenters. The largest absolute Gasteiger partial charge is 0.240 e. The van der Waals surface area contributed by atoms with Crippen LogP contribution in [-0.2, 0) is 0 Å². The highest BCUT2D eigenvalue weighted by Gasteiger charge is 2.11. The highest BCUT2D eigenvalue weighted by atomic mass is 32.2. The third-order valence-electron chi connectivity index (χ3n) is 2.56. The van der Waals surface area contributed by atoms with Gasteiger partial charge in [0.15, 0.2) is 8.68 Å². The van der Waals surface area contributed by atoms with Crippen LogP contribution < -0.4 is 0 Å². The summed E-state index contributed by atoms with van der Waals surface area (Å²) in [5, 5.41) is 19.1. The number of hydrogen-bond donors (Lipinski definition) is 0. The summed E-state index contributed by atoms with van der Waals surface area (Å²) in [5.41, 5.74) is 1.44. The van der Waals surface area contributed by atoms with E-state index < -0.39 is 0 Å². The van der Waals surface area contributed by atoms with Crippen molar-refractivity contribution < 1.29 is 0 Å². The monoisotopic (exact) mass is 316 g/mol. The van der Waals surface area contributed by atoms with E-state index in [2.05, 4.69) is 21.3 Å². The highest BCUT2D eigenvalue weighted by molar-refractivity contribution is 8.03. The lowest BCUT2D eigenvalue weighted by Crippen LogP contribution is -1.88. The number of rotatable bonds is 3. The topological polar surface area (TPSA) is 62.5 Å². The van der Waals surface area contributed by atoms with Gasteiger partial charge in [-0.2, -0.15) is 5.26 Å². The van der Waals surface area contributed by atoms with Gasteiger partial charge < -0.3 is 0 Å². The van der Waals surface area contributed by atoms with E-state index in [0.29, 0.717) is 10.6 Å². The molecule has 0 saturated carbocycles. The van der Waals surface area contributed by atoms with Gasteiger partial charge in [0.1, 0.15) is 11.1 Å². The van der Waals surface area contributed by atoms with E-state index in [4.69, 9.17) is 0 Å². The van der Waals surface area contributed by atoms with Gasteiger partial charge in [-0.1, -0.05) is 41.3 Å². The second kappa shape index (κ2) is 5.79. The van der Waals surface area contributed by atoms with Crippen molar-refractivity contribution in [1.29, 1.82) is 5.26 Å². The molecule has 0 saturated heterocycles.